The average Bonchev–Trinajstić information content (AvgIpc) is 2.58. The van der Waals surface area contributed by atoms with E-state index in [1.165, 1.54) is 12.1 Å². The van der Waals surface area contributed by atoms with E-state index in [2.05, 4.69) is 10.0 Å². The molecule has 0 fully saturated rings. The lowest BCUT2D eigenvalue weighted by Gasteiger charge is -2.12. The third kappa shape index (κ3) is 7.39. The molecule has 0 aliphatic carbocycles. The van der Waals surface area contributed by atoms with E-state index in [1.54, 1.807) is 7.11 Å². The molecule has 1 aromatic carbocycles. The number of methoxy groups -OCH3 is 1. The van der Waals surface area contributed by atoms with Crippen molar-refractivity contribution in [1.29, 1.82) is 0 Å². The summed E-state index contributed by atoms with van der Waals surface area (Å²) >= 11 is 0. The first-order valence-corrected chi connectivity index (χ1v) is 9.58. The molecule has 3 N–H and O–H groups in total. The monoisotopic (exact) mass is 374 g/mol. The first-order chi connectivity index (χ1) is 11.9. The topological polar surface area (TPSA) is 114 Å². The third-order valence-electron chi connectivity index (χ3n) is 3.33. The Morgan fingerprint density at radius 3 is 2.56 bits per heavy atom. The van der Waals surface area contributed by atoms with Gasteiger partial charge in [-0.1, -0.05) is 0 Å². The van der Waals surface area contributed by atoms with Gasteiger partial charge in [0.25, 0.3) is 0 Å². The van der Waals surface area contributed by atoms with E-state index < -0.39 is 16.0 Å². The van der Waals surface area contributed by atoms with Crippen LogP contribution in [0, 0.1) is 0 Å². The molecule has 0 unspecified atom stereocenters. The van der Waals surface area contributed by atoms with Crippen LogP contribution in [0.15, 0.2) is 23.1 Å². The van der Waals surface area contributed by atoms with Gasteiger partial charge in [-0.05, 0) is 38.0 Å². The highest BCUT2D eigenvalue weighted by atomic mass is 32.2. The predicted molar refractivity (Wildman–Crippen MR) is 94.7 cm³/mol. The number of hydrogen-bond donors (Lipinski definition) is 3. The Bertz CT molecular complexity index is 648. The average molecular weight is 374 g/mol. The van der Waals surface area contributed by atoms with E-state index in [0.29, 0.717) is 44.9 Å². The van der Waals surface area contributed by atoms with Gasteiger partial charge in [0.1, 0.15) is 0 Å². The van der Waals surface area contributed by atoms with Gasteiger partial charge in [0, 0.05) is 45.7 Å². The zero-order valence-electron chi connectivity index (χ0n) is 14.6. The van der Waals surface area contributed by atoms with Gasteiger partial charge in [0.05, 0.1) is 10.5 Å². The van der Waals surface area contributed by atoms with Crippen molar-refractivity contribution in [2.45, 2.75) is 24.7 Å². The Balaban J connectivity index is 2.79. The smallest absolute Gasteiger partial charge is 0.337 e. The molecule has 0 saturated carbocycles. The summed E-state index contributed by atoms with van der Waals surface area (Å²) in [5.74, 6) is -1.19. The van der Waals surface area contributed by atoms with Crippen molar-refractivity contribution in [2.75, 3.05) is 45.3 Å². The number of benzene rings is 1. The molecule has 142 valence electrons. The molecule has 0 heterocycles. The van der Waals surface area contributed by atoms with Crippen LogP contribution in [-0.2, 0) is 19.5 Å². The lowest BCUT2D eigenvalue weighted by atomic mass is 10.2. The number of aromatic carboxylic acids is 1. The number of ether oxygens (including phenoxy) is 2. The number of carboxylic acid groups (broad SMARTS) is 1. The summed E-state index contributed by atoms with van der Waals surface area (Å²) in [5.41, 5.74) is 0.286. The van der Waals surface area contributed by atoms with Crippen LogP contribution in [0.5, 0.6) is 0 Å². The largest absolute Gasteiger partial charge is 0.478 e. The highest BCUT2D eigenvalue weighted by Gasteiger charge is 2.18. The van der Waals surface area contributed by atoms with Gasteiger partial charge in [-0.25, -0.2) is 17.9 Å². The molecule has 8 nitrogen and oxygen atoms in total. The maximum atomic E-state index is 12.3. The molecule has 0 amide bonds. The Kier molecular flexibility index (Phi) is 9.43. The van der Waals surface area contributed by atoms with E-state index in [-0.39, 0.29) is 17.0 Å². The summed E-state index contributed by atoms with van der Waals surface area (Å²) in [6.45, 7) is 4.20. The number of carbonyl (C=O) groups is 1. The van der Waals surface area contributed by atoms with Crippen molar-refractivity contribution >= 4 is 21.7 Å². The summed E-state index contributed by atoms with van der Waals surface area (Å²) in [4.78, 5) is 11.3. The minimum Gasteiger partial charge on any atom is -0.478 e. The van der Waals surface area contributed by atoms with Crippen LogP contribution in [0.3, 0.4) is 0 Å². The van der Waals surface area contributed by atoms with Crippen LogP contribution >= 0.6 is 0 Å². The van der Waals surface area contributed by atoms with Crippen LogP contribution in [-0.4, -0.2) is 59.5 Å². The molecule has 0 atom stereocenters. The fourth-order valence-corrected chi connectivity index (χ4v) is 3.17. The number of carboxylic acids is 1. The summed E-state index contributed by atoms with van der Waals surface area (Å²) in [5, 5.41) is 12.3. The number of hydrogen-bond acceptors (Lipinski definition) is 6. The van der Waals surface area contributed by atoms with Gasteiger partial charge < -0.3 is 19.9 Å². The van der Waals surface area contributed by atoms with E-state index >= 15 is 0 Å². The number of rotatable bonds is 13. The zero-order valence-corrected chi connectivity index (χ0v) is 15.4. The summed E-state index contributed by atoms with van der Waals surface area (Å²) in [6.07, 6.45) is 1.25. The summed E-state index contributed by atoms with van der Waals surface area (Å²) in [6, 6.07) is 4.01. The Morgan fingerprint density at radius 2 is 1.92 bits per heavy atom. The first-order valence-electron chi connectivity index (χ1n) is 8.10. The molecule has 0 saturated heterocycles. The SMILES string of the molecule is CCOCCCNS(=O)(=O)c1ccc(NCCCOC)c(C(=O)O)c1. The maximum absolute atomic E-state index is 12.3. The van der Waals surface area contributed by atoms with Crippen molar-refractivity contribution in [3.05, 3.63) is 23.8 Å². The zero-order chi connectivity index (χ0) is 18.7. The molecule has 0 radical (unpaired) electrons. The fourth-order valence-electron chi connectivity index (χ4n) is 2.07. The Labute approximate surface area is 148 Å². The van der Waals surface area contributed by atoms with Crippen LogP contribution in [0.25, 0.3) is 0 Å². The molecule has 25 heavy (non-hydrogen) atoms. The molecular weight excluding hydrogens is 348 g/mol. The Morgan fingerprint density at radius 1 is 1.20 bits per heavy atom. The lowest BCUT2D eigenvalue weighted by Crippen LogP contribution is -2.26. The van der Waals surface area contributed by atoms with Crippen LogP contribution in [0.1, 0.15) is 30.1 Å². The molecule has 0 spiro atoms. The van der Waals surface area contributed by atoms with E-state index in [0.717, 1.165) is 6.07 Å². The van der Waals surface area contributed by atoms with Crippen molar-refractivity contribution in [1.82, 2.24) is 4.72 Å². The van der Waals surface area contributed by atoms with Crippen LogP contribution in [0.2, 0.25) is 0 Å². The fraction of sp³-hybridized carbons (Fsp3) is 0.562. The molecule has 0 aromatic heterocycles. The van der Waals surface area contributed by atoms with Crippen molar-refractivity contribution < 1.29 is 27.8 Å². The minimum atomic E-state index is -3.77. The van der Waals surface area contributed by atoms with Gasteiger partial charge in [0.15, 0.2) is 0 Å². The normalized spacial score (nSPS) is 11.4. The highest BCUT2D eigenvalue weighted by molar-refractivity contribution is 7.89. The minimum absolute atomic E-state index is 0.0799. The number of nitrogens with one attached hydrogen (secondary N) is 2. The van der Waals surface area contributed by atoms with Gasteiger partial charge >= 0.3 is 5.97 Å². The highest BCUT2D eigenvalue weighted by Crippen LogP contribution is 2.20. The van der Waals surface area contributed by atoms with Gasteiger partial charge in [-0.3, -0.25) is 0 Å². The second kappa shape index (κ2) is 11.0. The van der Waals surface area contributed by atoms with Gasteiger partial charge in [-0.15, -0.1) is 0 Å². The molecular formula is C16H26N2O6S. The number of anilines is 1. The summed E-state index contributed by atoms with van der Waals surface area (Å²) in [7, 11) is -2.18. The van der Waals surface area contributed by atoms with Crippen LogP contribution < -0.4 is 10.0 Å². The molecule has 0 bridgehead atoms. The second-order valence-electron chi connectivity index (χ2n) is 5.23. The van der Waals surface area contributed by atoms with Gasteiger partial charge in [0.2, 0.25) is 10.0 Å². The first kappa shape index (κ1) is 21.4. The second-order valence-corrected chi connectivity index (χ2v) is 7.00. The standard InChI is InChI=1S/C16H26N2O6S/c1-3-24-11-5-9-18-25(21,22)13-6-7-15(14(12-13)16(19)20)17-8-4-10-23-2/h6-7,12,17-18H,3-5,8-11H2,1-2H3,(H,19,20). The maximum Gasteiger partial charge on any atom is 0.337 e. The predicted octanol–water partition coefficient (Wildman–Crippen LogP) is 1.54. The Hall–Kier alpha value is -1.68. The molecule has 0 aliphatic heterocycles. The van der Waals surface area contributed by atoms with E-state index in [4.69, 9.17) is 9.47 Å². The van der Waals surface area contributed by atoms with Crippen molar-refractivity contribution in [3.63, 3.8) is 0 Å². The van der Waals surface area contributed by atoms with E-state index in [9.17, 15) is 18.3 Å². The lowest BCUT2D eigenvalue weighted by molar-refractivity contribution is 0.0697. The molecule has 9 heteroatoms. The summed E-state index contributed by atoms with van der Waals surface area (Å²) < 4.78 is 37.1. The van der Waals surface area contributed by atoms with Gasteiger partial charge in [-0.2, -0.15) is 0 Å². The molecule has 0 aliphatic rings. The quantitative estimate of drug-likeness (QED) is 0.449. The number of sulfonamides is 1. The molecule has 1 aromatic rings. The van der Waals surface area contributed by atoms with Crippen molar-refractivity contribution in [3.8, 4) is 0 Å². The van der Waals surface area contributed by atoms with E-state index in [1.807, 2.05) is 6.92 Å². The molecule has 1 rings (SSSR count). The van der Waals surface area contributed by atoms with Crippen LogP contribution in [0.4, 0.5) is 5.69 Å². The third-order valence-corrected chi connectivity index (χ3v) is 4.79. The van der Waals surface area contributed by atoms with Crippen molar-refractivity contribution in [2.24, 2.45) is 0 Å².